The second-order valence-corrected chi connectivity index (χ2v) is 8.31. The molecule has 18 heavy (non-hydrogen) atoms. The van der Waals surface area contributed by atoms with E-state index in [1.165, 1.54) is 33.1 Å². The molecule has 1 saturated carbocycles. The number of carbonyl (C=O) groups is 1. The van der Waals surface area contributed by atoms with E-state index in [0.717, 1.165) is 19.3 Å². The van der Waals surface area contributed by atoms with Crippen molar-refractivity contribution >= 4 is 13.4 Å². The summed E-state index contributed by atoms with van der Waals surface area (Å²) in [5, 5.41) is -1.55. The first-order valence-corrected chi connectivity index (χ1v) is 8.37. The first kappa shape index (κ1) is 15.9. The predicted molar refractivity (Wildman–Crippen MR) is 71.5 cm³/mol. The predicted octanol–water partition coefficient (Wildman–Crippen LogP) is 3.12. The van der Waals surface area contributed by atoms with Gasteiger partial charge in [0.1, 0.15) is 5.16 Å². The molecule has 1 aliphatic carbocycles. The summed E-state index contributed by atoms with van der Waals surface area (Å²) in [4.78, 5) is 30.7. The van der Waals surface area contributed by atoms with Crippen LogP contribution in [-0.4, -0.2) is 20.7 Å². The van der Waals surface area contributed by atoms with Gasteiger partial charge in [-0.1, -0.05) is 39.0 Å². The monoisotopic (exact) mass is 276 g/mol. The van der Waals surface area contributed by atoms with Crippen LogP contribution in [-0.2, 0) is 9.36 Å². The van der Waals surface area contributed by atoms with E-state index in [1.54, 1.807) is 6.92 Å². The molecule has 1 fully saturated rings. The van der Waals surface area contributed by atoms with Crippen LogP contribution >= 0.6 is 7.60 Å². The van der Waals surface area contributed by atoms with Crippen molar-refractivity contribution in [3.8, 4) is 0 Å². The zero-order chi connectivity index (χ0) is 14.0. The Morgan fingerprint density at radius 3 is 2.22 bits per heavy atom. The van der Waals surface area contributed by atoms with Crippen molar-refractivity contribution in [1.29, 1.82) is 0 Å². The summed E-state index contributed by atoms with van der Waals surface area (Å²) in [5.74, 6) is -0.0256. The standard InChI is InChI=1S/C13H25O4P/c1-10(9-11-7-5-4-6-8-11)12(14)13(2,3)18(15,16)17/h10-11H,4-9H2,1-3H3,(H2,15,16,17)/t10-/m1/s1. The molecule has 0 saturated heterocycles. The molecule has 0 spiro atoms. The molecule has 1 atom stereocenters. The maximum atomic E-state index is 12.2. The lowest BCUT2D eigenvalue weighted by atomic mass is 9.80. The van der Waals surface area contributed by atoms with E-state index in [9.17, 15) is 19.1 Å². The van der Waals surface area contributed by atoms with Gasteiger partial charge < -0.3 is 9.79 Å². The SMILES string of the molecule is C[C@H](CC1CCCCC1)C(=O)C(C)(C)P(=O)(O)O. The zero-order valence-electron chi connectivity index (χ0n) is 11.6. The Hall–Kier alpha value is -0.180. The molecule has 0 aliphatic heterocycles. The molecule has 0 radical (unpaired) electrons. The molecule has 5 heteroatoms. The molecule has 0 amide bonds. The molecule has 0 bridgehead atoms. The van der Waals surface area contributed by atoms with Gasteiger partial charge in [-0.15, -0.1) is 0 Å². The summed E-state index contributed by atoms with van der Waals surface area (Å²) in [6.07, 6.45) is 6.76. The topological polar surface area (TPSA) is 74.6 Å². The van der Waals surface area contributed by atoms with Crippen LogP contribution in [0.2, 0.25) is 0 Å². The summed E-state index contributed by atoms with van der Waals surface area (Å²) < 4.78 is 11.4. The van der Waals surface area contributed by atoms with Gasteiger partial charge >= 0.3 is 7.60 Å². The van der Waals surface area contributed by atoms with E-state index in [4.69, 9.17) is 0 Å². The molecule has 0 aromatic rings. The highest BCUT2D eigenvalue weighted by atomic mass is 31.2. The van der Waals surface area contributed by atoms with Gasteiger partial charge in [0.15, 0.2) is 5.78 Å². The van der Waals surface area contributed by atoms with E-state index >= 15 is 0 Å². The van der Waals surface area contributed by atoms with E-state index in [-0.39, 0.29) is 11.7 Å². The van der Waals surface area contributed by atoms with Crippen LogP contribution < -0.4 is 0 Å². The Balaban J connectivity index is 2.63. The Morgan fingerprint density at radius 2 is 1.78 bits per heavy atom. The lowest BCUT2D eigenvalue weighted by Gasteiger charge is -2.30. The van der Waals surface area contributed by atoms with Crippen LogP contribution in [0.25, 0.3) is 0 Å². The molecular weight excluding hydrogens is 251 g/mol. The van der Waals surface area contributed by atoms with Crippen molar-refractivity contribution in [2.45, 2.75) is 64.5 Å². The highest BCUT2D eigenvalue weighted by Gasteiger charge is 2.46. The molecule has 0 aromatic carbocycles. The van der Waals surface area contributed by atoms with Crippen molar-refractivity contribution in [3.05, 3.63) is 0 Å². The summed E-state index contributed by atoms with van der Waals surface area (Å²) in [7, 11) is -4.38. The van der Waals surface area contributed by atoms with E-state index in [0.29, 0.717) is 5.92 Å². The first-order valence-electron chi connectivity index (χ1n) is 6.76. The highest BCUT2D eigenvalue weighted by Crippen LogP contribution is 2.52. The second kappa shape index (κ2) is 5.85. The van der Waals surface area contributed by atoms with Crippen LogP contribution in [0.5, 0.6) is 0 Å². The fraction of sp³-hybridized carbons (Fsp3) is 0.923. The Kier molecular flexibility index (Phi) is 5.16. The second-order valence-electron chi connectivity index (χ2n) is 6.11. The van der Waals surface area contributed by atoms with Gasteiger partial charge in [-0.05, 0) is 26.2 Å². The van der Waals surface area contributed by atoms with Crippen molar-refractivity contribution < 1.29 is 19.1 Å². The lowest BCUT2D eigenvalue weighted by Crippen LogP contribution is -2.36. The molecule has 0 aromatic heterocycles. The van der Waals surface area contributed by atoms with Crippen molar-refractivity contribution in [2.24, 2.45) is 11.8 Å². The number of rotatable bonds is 5. The quantitative estimate of drug-likeness (QED) is 0.756. The number of carbonyl (C=O) groups excluding carboxylic acids is 1. The van der Waals surface area contributed by atoms with Gasteiger partial charge in [0, 0.05) is 5.92 Å². The third kappa shape index (κ3) is 3.66. The maximum absolute atomic E-state index is 12.2. The molecular formula is C13H25O4P. The van der Waals surface area contributed by atoms with Crippen molar-refractivity contribution in [2.75, 3.05) is 0 Å². The molecule has 1 rings (SSSR count). The summed E-state index contributed by atoms with van der Waals surface area (Å²) in [5.41, 5.74) is 0. The van der Waals surface area contributed by atoms with Crippen molar-refractivity contribution in [3.63, 3.8) is 0 Å². The lowest BCUT2D eigenvalue weighted by molar-refractivity contribution is -0.125. The van der Waals surface area contributed by atoms with Crippen LogP contribution in [0.15, 0.2) is 0 Å². The Morgan fingerprint density at radius 1 is 1.28 bits per heavy atom. The minimum atomic E-state index is -4.38. The maximum Gasteiger partial charge on any atom is 0.338 e. The largest absolute Gasteiger partial charge is 0.338 e. The molecule has 0 heterocycles. The number of hydrogen-bond donors (Lipinski definition) is 2. The van der Waals surface area contributed by atoms with Crippen molar-refractivity contribution in [1.82, 2.24) is 0 Å². The van der Waals surface area contributed by atoms with E-state index in [2.05, 4.69) is 0 Å². The highest BCUT2D eigenvalue weighted by molar-refractivity contribution is 7.54. The van der Waals surface area contributed by atoms with Gasteiger partial charge in [0.2, 0.25) is 0 Å². The van der Waals surface area contributed by atoms with Crippen LogP contribution in [0, 0.1) is 11.8 Å². The third-order valence-electron chi connectivity index (χ3n) is 4.19. The van der Waals surface area contributed by atoms with Gasteiger partial charge in [0.05, 0.1) is 0 Å². The average molecular weight is 276 g/mol. The fourth-order valence-electron chi connectivity index (χ4n) is 2.78. The zero-order valence-corrected chi connectivity index (χ0v) is 12.4. The summed E-state index contributed by atoms with van der Waals surface area (Å²) in [6, 6.07) is 0. The Labute approximate surface area is 109 Å². The molecule has 106 valence electrons. The fourth-order valence-corrected chi connectivity index (χ4v) is 3.28. The first-order chi connectivity index (χ1) is 8.16. The minimum absolute atomic E-state index is 0.268. The van der Waals surface area contributed by atoms with Crippen LogP contribution in [0.3, 0.4) is 0 Å². The minimum Gasteiger partial charge on any atom is -0.324 e. The molecule has 0 unspecified atom stereocenters. The van der Waals surface area contributed by atoms with Gasteiger partial charge in [0.25, 0.3) is 0 Å². The number of Topliss-reactive ketones (excluding diaryl/α,β-unsaturated/α-hetero) is 1. The van der Waals surface area contributed by atoms with E-state index < -0.39 is 12.8 Å². The van der Waals surface area contributed by atoms with E-state index in [1.807, 2.05) is 0 Å². The molecule has 4 nitrogen and oxygen atoms in total. The summed E-state index contributed by atoms with van der Waals surface area (Å²) >= 11 is 0. The molecule has 2 N–H and O–H groups in total. The smallest absolute Gasteiger partial charge is 0.324 e. The number of ketones is 1. The van der Waals surface area contributed by atoms with Gasteiger partial charge in [-0.25, -0.2) is 0 Å². The normalized spacial score (nSPS) is 20.7. The van der Waals surface area contributed by atoms with Crippen LogP contribution in [0.1, 0.15) is 59.3 Å². The van der Waals surface area contributed by atoms with Gasteiger partial charge in [-0.3, -0.25) is 9.36 Å². The van der Waals surface area contributed by atoms with Gasteiger partial charge in [-0.2, -0.15) is 0 Å². The van der Waals surface area contributed by atoms with Crippen LogP contribution in [0.4, 0.5) is 0 Å². The third-order valence-corrected chi connectivity index (χ3v) is 5.87. The Bertz CT molecular complexity index is 339. The summed E-state index contributed by atoms with van der Waals surface area (Å²) in [6.45, 7) is 4.51. The number of hydrogen-bond acceptors (Lipinski definition) is 2. The average Bonchev–Trinajstić information content (AvgIpc) is 2.27. The molecule has 1 aliphatic rings.